The molecule has 0 aliphatic carbocycles. The molecule has 1 aromatic carbocycles. The van der Waals surface area contributed by atoms with Crippen molar-refractivity contribution in [2.75, 3.05) is 31.3 Å². The largest absolute Gasteiger partial charge is 0.502 e. The summed E-state index contributed by atoms with van der Waals surface area (Å²) in [5.74, 6) is -3.47. The number of aromatic nitrogens is 1. The maximum atomic E-state index is 14.1. The van der Waals surface area contributed by atoms with Crippen LogP contribution < -0.4 is 10.4 Å². The Morgan fingerprint density at radius 2 is 1.88 bits per heavy atom. The molecule has 2 aliphatic rings. The number of carbonyl (C=O) groups excluding carboxylic acids is 3. The lowest BCUT2D eigenvalue weighted by Gasteiger charge is -2.40. The predicted octanol–water partition coefficient (Wildman–Crippen LogP) is 3.27. The van der Waals surface area contributed by atoms with Crippen LogP contribution in [0, 0.1) is 11.6 Å². The summed E-state index contributed by atoms with van der Waals surface area (Å²) in [6, 6.07) is 4.97. The van der Waals surface area contributed by atoms with Gasteiger partial charge in [0.2, 0.25) is 11.3 Å². The molecule has 1 N–H and O–H groups in total. The number of thiophene rings is 1. The predicted molar refractivity (Wildman–Crippen MR) is 144 cm³/mol. The topological polar surface area (TPSA) is 103 Å². The molecule has 1 fully saturated rings. The normalized spacial score (nSPS) is 15.2. The zero-order valence-corrected chi connectivity index (χ0v) is 22.5. The molecule has 2 aromatic heterocycles. The maximum absolute atomic E-state index is 14.1. The number of ketones is 1. The van der Waals surface area contributed by atoms with Gasteiger partial charge in [0.15, 0.2) is 17.2 Å². The van der Waals surface area contributed by atoms with Crippen molar-refractivity contribution in [3.63, 3.8) is 0 Å². The molecule has 4 heterocycles. The van der Waals surface area contributed by atoms with E-state index >= 15 is 0 Å². The Balaban J connectivity index is 1.40. The van der Waals surface area contributed by atoms with Crippen molar-refractivity contribution in [2.45, 2.75) is 38.6 Å². The molecular formula is C28H28F2N4O5S. The number of rotatable bonds is 10. The smallest absolute Gasteiger partial charge is 0.277 e. The van der Waals surface area contributed by atoms with Crippen LogP contribution in [-0.4, -0.2) is 63.5 Å². The first-order chi connectivity index (χ1) is 19.2. The number of benzene rings is 1. The Kier molecular flexibility index (Phi) is 7.97. The second-order valence-electron chi connectivity index (χ2n) is 9.92. The van der Waals surface area contributed by atoms with Crippen LogP contribution in [0.2, 0.25) is 0 Å². The van der Waals surface area contributed by atoms with E-state index in [0.717, 1.165) is 24.1 Å². The summed E-state index contributed by atoms with van der Waals surface area (Å²) < 4.78 is 28.6. The molecule has 210 valence electrons. The van der Waals surface area contributed by atoms with Crippen molar-refractivity contribution in [1.29, 1.82) is 0 Å². The first kappa shape index (κ1) is 27.5. The Morgan fingerprint density at radius 3 is 2.58 bits per heavy atom. The van der Waals surface area contributed by atoms with Gasteiger partial charge in [-0.05, 0) is 53.3 Å². The van der Waals surface area contributed by atoms with Crippen molar-refractivity contribution < 1.29 is 28.3 Å². The number of nitrogens with zero attached hydrogens (tertiary/aromatic N) is 4. The monoisotopic (exact) mass is 570 g/mol. The molecule has 0 unspecified atom stereocenters. The van der Waals surface area contributed by atoms with E-state index in [2.05, 4.69) is 0 Å². The first-order valence-corrected chi connectivity index (χ1v) is 14.0. The summed E-state index contributed by atoms with van der Waals surface area (Å²) in [5.41, 5.74) is -0.495. The van der Waals surface area contributed by atoms with Crippen LogP contribution in [0.1, 0.15) is 57.7 Å². The number of pyridine rings is 1. The van der Waals surface area contributed by atoms with Crippen molar-refractivity contribution in [1.82, 2.24) is 14.5 Å². The molecule has 1 saturated heterocycles. The minimum Gasteiger partial charge on any atom is -0.502 e. The number of amides is 2. The van der Waals surface area contributed by atoms with Gasteiger partial charge < -0.3 is 14.9 Å². The molecule has 40 heavy (non-hydrogen) atoms. The maximum Gasteiger partial charge on any atom is 0.277 e. The van der Waals surface area contributed by atoms with Crippen LogP contribution in [0.3, 0.4) is 0 Å². The molecule has 12 heteroatoms. The van der Waals surface area contributed by atoms with Gasteiger partial charge >= 0.3 is 0 Å². The lowest BCUT2D eigenvalue weighted by Crippen LogP contribution is -2.54. The molecule has 3 aromatic rings. The fourth-order valence-electron chi connectivity index (χ4n) is 5.08. The third kappa shape index (κ3) is 5.62. The number of carbonyl (C=O) groups is 3. The molecule has 2 amide bonds. The van der Waals surface area contributed by atoms with Gasteiger partial charge in [-0.1, -0.05) is 6.07 Å². The fourth-order valence-corrected chi connectivity index (χ4v) is 5.74. The van der Waals surface area contributed by atoms with E-state index in [9.17, 15) is 33.1 Å². The van der Waals surface area contributed by atoms with Gasteiger partial charge in [0.1, 0.15) is 18.3 Å². The molecule has 0 bridgehead atoms. The second-order valence-corrected chi connectivity index (χ2v) is 10.7. The minimum atomic E-state index is -0.982. The fraction of sp³-hybridized carbons (Fsp3) is 0.357. The quantitative estimate of drug-likeness (QED) is 0.376. The van der Waals surface area contributed by atoms with Crippen LogP contribution in [0.15, 0.2) is 46.0 Å². The SMILES string of the molecule is O=C(CCc1ccc(F)cc1F)c1cn2c(c(O)c1=O)C(=O)N(CCCN1CCCC1=O)CN2Cc1ccsc1. The van der Waals surface area contributed by atoms with Crippen molar-refractivity contribution >= 4 is 28.9 Å². The third-order valence-corrected chi connectivity index (χ3v) is 7.93. The number of Topliss-reactive ketones (excluding diaryl/α,β-unsaturated/α-hetero) is 1. The van der Waals surface area contributed by atoms with Crippen LogP contribution in [0.4, 0.5) is 8.78 Å². The van der Waals surface area contributed by atoms with E-state index < -0.39 is 34.5 Å². The third-order valence-electron chi connectivity index (χ3n) is 7.20. The van der Waals surface area contributed by atoms with Gasteiger partial charge in [0, 0.05) is 44.7 Å². The summed E-state index contributed by atoms with van der Waals surface area (Å²) in [6.45, 7) is 1.98. The van der Waals surface area contributed by atoms with Crippen molar-refractivity contribution in [3.8, 4) is 5.75 Å². The Labute approximate surface area is 232 Å². The summed E-state index contributed by atoms with van der Waals surface area (Å²) >= 11 is 1.50. The van der Waals surface area contributed by atoms with Gasteiger partial charge in [-0.2, -0.15) is 11.3 Å². The molecule has 0 atom stereocenters. The summed E-state index contributed by atoms with van der Waals surface area (Å²) in [7, 11) is 0. The van der Waals surface area contributed by atoms with Crippen LogP contribution in [-0.2, 0) is 17.8 Å². The van der Waals surface area contributed by atoms with E-state index in [0.29, 0.717) is 39.0 Å². The number of likely N-dealkylation sites (tertiary alicyclic amines) is 1. The highest BCUT2D eigenvalue weighted by Crippen LogP contribution is 2.24. The zero-order valence-electron chi connectivity index (χ0n) is 21.6. The lowest BCUT2D eigenvalue weighted by molar-refractivity contribution is -0.127. The van der Waals surface area contributed by atoms with Gasteiger partial charge in [-0.3, -0.25) is 28.9 Å². The van der Waals surface area contributed by atoms with Crippen molar-refractivity contribution in [2.24, 2.45) is 0 Å². The number of halogens is 2. The lowest BCUT2D eigenvalue weighted by atomic mass is 10.0. The van der Waals surface area contributed by atoms with Crippen LogP contribution >= 0.6 is 11.3 Å². The molecule has 0 spiro atoms. The second kappa shape index (κ2) is 11.6. The Morgan fingerprint density at radius 1 is 1.07 bits per heavy atom. The number of hydrogen-bond acceptors (Lipinski definition) is 7. The van der Waals surface area contributed by atoms with Gasteiger partial charge in [0.25, 0.3) is 5.91 Å². The van der Waals surface area contributed by atoms with Crippen LogP contribution in [0.5, 0.6) is 5.75 Å². The highest BCUT2D eigenvalue weighted by molar-refractivity contribution is 7.07. The first-order valence-electron chi connectivity index (χ1n) is 13.0. The van der Waals surface area contributed by atoms with E-state index in [1.807, 2.05) is 16.8 Å². The summed E-state index contributed by atoms with van der Waals surface area (Å²) in [4.78, 5) is 54.8. The van der Waals surface area contributed by atoms with Gasteiger partial charge in [-0.15, -0.1) is 0 Å². The standard InChI is InChI=1S/C28H28F2N4O5S/c29-20-6-4-19(22(30)13-20)5-7-23(35)21-15-34-25(27(38)26(21)37)28(39)32(11-2-10-31-9-1-3-24(31)36)17-33(34)14-18-8-12-40-16-18/h4,6,8,12-13,15-16,38H,1-3,5,7,9-11,14,17H2. The molecule has 0 radical (unpaired) electrons. The summed E-state index contributed by atoms with van der Waals surface area (Å²) in [5, 5.41) is 16.5. The molecule has 0 saturated carbocycles. The zero-order chi connectivity index (χ0) is 28.4. The number of hydrogen-bond donors (Lipinski definition) is 1. The van der Waals surface area contributed by atoms with Gasteiger partial charge in [0.05, 0.1) is 12.1 Å². The van der Waals surface area contributed by atoms with E-state index in [1.165, 1.54) is 33.2 Å². The molecule has 5 rings (SSSR count). The number of aromatic hydroxyl groups is 1. The number of fused-ring (bicyclic) bond motifs is 1. The molecule has 9 nitrogen and oxygen atoms in total. The van der Waals surface area contributed by atoms with E-state index in [-0.39, 0.29) is 42.2 Å². The van der Waals surface area contributed by atoms with E-state index in [4.69, 9.17) is 0 Å². The van der Waals surface area contributed by atoms with E-state index in [1.54, 1.807) is 9.91 Å². The van der Waals surface area contributed by atoms with Crippen molar-refractivity contribution in [3.05, 3.63) is 85.5 Å². The summed E-state index contributed by atoms with van der Waals surface area (Å²) in [6.07, 6.45) is 2.81. The van der Waals surface area contributed by atoms with Gasteiger partial charge in [-0.25, -0.2) is 8.78 Å². The Bertz CT molecular complexity index is 1510. The molecular weight excluding hydrogens is 542 g/mol. The average molecular weight is 571 g/mol. The highest BCUT2D eigenvalue weighted by Gasteiger charge is 2.34. The molecule has 2 aliphatic heterocycles. The minimum absolute atomic E-state index is 0.0717. The van der Waals surface area contributed by atoms with Crippen LogP contribution in [0.25, 0.3) is 0 Å². The Hall–Kier alpha value is -4.06. The average Bonchev–Trinajstić information content (AvgIpc) is 3.59. The highest BCUT2D eigenvalue weighted by atomic mass is 32.1. The number of aryl methyl sites for hydroxylation is 1.